The van der Waals surface area contributed by atoms with Crippen LogP contribution in [0.3, 0.4) is 0 Å². The van der Waals surface area contributed by atoms with Gasteiger partial charge in [-0.3, -0.25) is 0 Å². The Balaban J connectivity index is 2.17. The molecule has 3 aromatic rings. The minimum atomic E-state index is -4.78. The number of benzene rings is 2. The summed E-state index contributed by atoms with van der Waals surface area (Å²) in [4.78, 5) is 10.9. The van der Waals surface area contributed by atoms with Crippen LogP contribution in [0.2, 0.25) is 0 Å². The highest BCUT2D eigenvalue weighted by Crippen LogP contribution is 2.45. The molecule has 0 saturated carbocycles. The first-order valence-electron chi connectivity index (χ1n) is 8.73. The van der Waals surface area contributed by atoms with E-state index in [1.54, 1.807) is 49.4 Å². The minimum Gasteiger partial charge on any atom is -0.462 e. The predicted molar refractivity (Wildman–Crippen MR) is 106 cm³/mol. The zero-order valence-corrected chi connectivity index (χ0v) is 16.4. The minimum absolute atomic E-state index is 0.0106. The summed E-state index contributed by atoms with van der Waals surface area (Å²) in [6, 6.07) is 16.9. The molecule has 1 aromatic heterocycles. The highest BCUT2D eigenvalue weighted by atomic mass is 32.1. The van der Waals surface area contributed by atoms with E-state index < -0.39 is 22.6 Å². The Labute approximate surface area is 174 Å². The van der Waals surface area contributed by atoms with Gasteiger partial charge in [-0.25, -0.2) is 4.79 Å². The maximum atomic E-state index is 13.4. The number of esters is 1. The molecular weight excluding hydrogens is 413 g/mol. The molecule has 0 aliphatic carbocycles. The van der Waals surface area contributed by atoms with Crippen LogP contribution in [0.25, 0.3) is 22.3 Å². The van der Waals surface area contributed by atoms with Gasteiger partial charge in [0.25, 0.3) is 0 Å². The summed E-state index contributed by atoms with van der Waals surface area (Å²) < 4.78 is 45.2. The molecule has 0 atom stereocenters. The van der Waals surface area contributed by atoms with E-state index in [9.17, 15) is 28.5 Å². The van der Waals surface area contributed by atoms with Crippen LogP contribution in [0, 0.1) is 22.7 Å². The van der Waals surface area contributed by atoms with Crippen LogP contribution in [0.4, 0.5) is 13.2 Å². The van der Waals surface area contributed by atoms with E-state index in [0.717, 1.165) is 0 Å². The van der Waals surface area contributed by atoms with E-state index in [2.05, 4.69) is 6.07 Å². The Hall–Kier alpha value is -3.62. The second-order valence-electron chi connectivity index (χ2n) is 6.08. The third kappa shape index (κ3) is 3.91. The average Bonchev–Trinajstić information content (AvgIpc) is 3.14. The van der Waals surface area contributed by atoms with Crippen molar-refractivity contribution in [2.24, 2.45) is 0 Å². The number of ether oxygens (including phenoxy) is 1. The van der Waals surface area contributed by atoms with Crippen LogP contribution in [0.1, 0.15) is 32.6 Å². The molecule has 150 valence electrons. The first kappa shape index (κ1) is 21.1. The molecule has 0 bridgehead atoms. The Morgan fingerprint density at radius 2 is 1.67 bits per heavy atom. The van der Waals surface area contributed by atoms with Gasteiger partial charge in [-0.1, -0.05) is 42.5 Å². The first-order chi connectivity index (χ1) is 14.3. The average molecular weight is 426 g/mol. The zero-order chi connectivity index (χ0) is 21.9. The number of halogens is 3. The van der Waals surface area contributed by atoms with E-state index in [4.69, 9.17) is 4.74 Å². The van der Waals surface area contributed by atoms with E-state index in [0.29, 0.717) is 16.7 Å². The van der Waals surface area contributed by atoms with Crippen molar-refractivity contribution in [2.75, 3.05) is 6.61 Å². The van der Waals surface area contributed by atoms with Crippen molar-refractivity contribution in [2.45, 2.75) is 13.1 Å². The summed E-state index contributed by atoms with van der Waals surface area (Å²) in [5.41, 5.74) is 1.36. The Kier molecular flexibility index (Phi) is 5.91. The van der Waals surface area contributed by atoms with Crippen LogP contribution < -0.4 is 0 Å². The quantitative estimate of drug-likeness (QED) is 0.478. The zero-order valence-electron chi connectivity index (χ0n) is 15.6. The number of rotatable bonds is 4. The van der Waals surface area contributed by atoms with Crippen molar-refractivity contribution in [3.8, 4) is 34.4 Å². The molecule has 8 heteroatoms. The van der Waals surface area contributed by atoms with Crippen molar-refractivity contribution in [3.05, 3.63) is 69.4 Å². The molecule has 4 nitrogen and oxygen atoms in total. The normalized spacial score (nSPS) is 10.9. The molecule has 0 radical (unpaired) electrons. The van der Waals surface area contributed by atoms with Gasteiger partial charge in [0.2, 0.25) is 0 Å². The van der Waals surface area contributed by atoms with E-state index in [-0.39, 0.29) is 33.9 Å². The van der Waals surface area contributed by atoms with E-state index >= 15 is 0 Å². The summed E-state index contributed by atoms with van der Waals surface area (Å²) in [6.45, 7) is 1.53. The number of hydrogen-bond donors (Lipinski definition) is 0. The maximum Gasteiger partial charge on any atom is 0.426 e. The van der Waals surface area contributed by atoms with Crippen LogP contribution >= 0.6 is 11.3 Å². The fourth-order valence-electron chi connectivity index (χ4n) is 3.00. The van der Waals surface area contributed by atoms with Crippen molar-refractivity contribution in [3.63, 3.8) is 0 Å². The number of thiophene rings is 1. The number of carbonyl (C=O) groups excluding carboxylic acids is 1. The Morgan fingerprint density at radius 1 is 1.03 bits per heavy atom. The number of hydrogen-bond acceptors (Lipinski definition) is 5. The molecule has 0 unspecified atom stereocenters. The van der Waals surface area contributed by atoms with Gasteiger partial charge in [-0.15, -0.1) is 11.3 Å². The Morgan fingerprint density at radius 3 is 2.23 bits per heavy atom. The fraction of sp³-hybridized carbons (Fsp3) is 0.136. The lowest BCUT2D eigenvalue weighted by Crippen LogP contribution is -2.04. The SMILES string of the molecule is CCOC(=O)c1sc(C(F)(F)F)c(C#N)c1-c1ccc(-c2ccccc2C#N)cc1. The summed E-state index contributed by atoms with van der Waals surface area (Å²) in [6.07, 6.45) is -4.78. The van der Waals surface area contributed by atoms with E-state index in [1.165, 1.54) is 12.1 Å². The number of carbonyl (C=O) groups is 1. The van der Waals surface area contributed by atoms with E-state index in [1.807, 2.05) is 0 Å². The predicted octanol–water partition coefficient (Wildman–Crippen LogP) is 6.02. The summed E-state index contributed by atoms with van der Waals surface area (Å²) in [5, 5.41) is 18.7. The molecule has 30 heavy (non-hydrogen) atoms. The topological polar surface area (TPSA) is 73.9 Å². The maximum absolute atomic E-state index is 13.4. The Bertz CT molecular complexity index is 1180. The summed E-state index contributed by atoms with van der Waals surface area (Å²) in [7, 11) is 0. The largest absolute Gasteiger partial charge is 0.462 e. The van der Waals surface area contributed by atoms with Gasteiger partial charge in [0, 0.05) is 5.56 Å². The van der Waals surface area contributed by atoms with Gasteiger partial charge in [-0.05, 0) is 29.7 Å². The van der Waals surface area contributed by atoms with Crippen LogP contribution in [0.5, 0.6) is 0 Å². The van der Waals surface area contributed by atoms with Crippen molar-refractivity contribution in [1.82, 2.24) is 0 Å². The molecule has 0 saturated heterocycles. The molecule has 0 fully saturated rings. The lowest BCUT2D eigenvalue weighted by molar-refractivity contribution is -0.134. The molecule has 0 aliphatic heterocycles. The fourth-order valence-corrected chi connectivity index (χ4v) is 4.04. The monoisotopic (exact) mass is 426 g/mol. The molecule has 0 aliphatic rings. The summed E-state index contributed by atoms with van der Waals surface area (Å²) >= 11 is 0.202. The van der Waals surface area contributed by atoms with Crippen LogP contribution in [0.15, 0.2) is 48.5 Å². The first-order valence-corrected chi connectivity index (χ1v) is 9.54. The second-order valence-corrected chi connectivity index (χ2v) is 7.10. The summed E-state index contributed by atoms with van der Waals surface area (Å²) in [5.74, 6) is -0.914. The third-order valence-electron chi connectivity index (χ3n) is 4.27. The second kappa shape index (κ2) is 8.40. The van der Waals surface area contributed by atoms with Crippen LogP contribution in [-0.2, 0) is 10.9 Å². The van der Waals surface area contributed by atoms with Gasteiger partial charge in [-0.2, -0.15) is 23.7 Å². The highest BCUT2D eigenvalue weighted by molar-refractivity contribution is 7.15. The highest BCUT2D eigenvalue weighted by Gasteiger charge is 2.40. The van der Waals surface area contributed by atoms with Gasteiger partial charge in [0.05, 0.1) is 23.8 Å². The van der Waals surface area contributed by atoms with Gasteiger partial charge in [0.1, 0.15) is 15.8 Å². The number of alkyl halides is 3. The lowest BCUT2D eigenvalue weighted by Gasteiger charge is -2.08. The molecule has 0 N–H and O–H groups in total. The third-order valence-corrected chi connectivity index (χ3v) is 5.49. The molecule has 3 rings (SSSR count). The molecule has 2 aromatic carbocycles. The lowest BCUT2D eigenvalue weighted by atomic mass is 9.95. The van der Waals surface area contributed by atoms with Gasteiger partial charge >= 0.3 is 12.1 Å². The van der Waals surface area contributed by atoms with Crippen molar-refractivity contribution in [1.29, 1.82) is 10.5 Å². The number of nitrogens with zero attached hydrogens (tertiary/aromatic N) is 2. The van der Waals surface area contributed by atoms with Crippen LogP contribution in [-0.4, -0.2) is 12.6 Å². The smallest absolute Gasteiger partial charge is 0.426 e. The number of nitriles is 2. The van der Waals surface area contributed by atoms with Gasteiger partial charge < -0.3 is 4.74 Å². The van der Waals surface area contributed by atoms with Gasteiger partial charge in [0.15, 0.2) is 0 Å². The van der Waals surface area contributed by atoms with Crippen molar-refractivity contribution >= 4 is 17.3 Å². The molecule has 0 amide bonds. The standard InChI is InChI=1S/C22H13F3N2O2S/c1-2-29-21(28)19-18(17(12-27)20(30-19)22(23,24)25)14-9-7-13(8-10-14)16-6-4-3-5-15(16)11-26/h3-10H,2H2,1H3. The van der Waals surface area contributed by atoms with Crippen molar-refractivity contribution < 1.29 is 22.7 Å². The molecule has 1 heterocycles. The molecule has 0 spiro atoms. The molecular formula is C22H13F3N2O2S.